The minimum absolute atomic E-state index is 0.0148. The fraction of sp³-hybridized carbons (Fsp3) is 0.294. The van der Waals surface area contributed by atoms with Crippen LogP contribution in [0.1, 0.15) is 18.1 Å². The number of aliphatic hydroxyl groups is 1. The molecule has 0 aliphatic rings. The molecule has 3 nitrogen and oxygen atoms in total. The topological polar surface area (TPSA) is 41.5 Å². The Bertz CT molecular complexity index is 589. The molecule has 0 radical (unpaired) electrons. The molecule has 0 saturated heterocycles. The van der Waals surface area contributed by atoms with E-state index in [1.54, 1.807) is 7.11 Å². The van der Waals surface area contributed by atoms with Crippen LogP contribution in [0.5, 0.6) is 5.75 Å². The Morgan fingerprint density at radius 3 is 2.48 bits per heavy atom. The maximum atomic E-state index is 9.74. The van der Waals surface area contributed by atoms with E-state index in [1.165, 1.54) is 0 Å². The predicted octanol–water partition coefficient (Wildman–Crippen LogP) is 3.35. The highest BCUT2D eigenvalue weighted by Gasteiger charge is 2.24. The van der Waals surface area contributed by atoms with E-state index in [9.17, 15) is 5.11 Å². The van der Waals surface area contributed by atoms with Gasteiger partial charge in [0.1, 0.15) is 5.75 Å². The average Bonchev–Trinajstić information content (AvgIpc) is 2.53. The molecule has 0 aromatic heterocycles. The third kappa shape index (κ3) is 3.76. The Morgan fingerprint density at radius 2 is 1.90 bits per heavy atom. The maximum absolute atomic E-state index is 9.74. The lowest BCUT2D eigenvalue weighted by molar-refractivity contribution is 0.173. The molecule has 0 saturated carbocycles. The molecule has 0 aliphatic carbocycles. The number of methoxy groups -OCH3 is 1. The van der Waals surface area contributed by atoms with Crippen molar-refractivity contribution in [2.45, 2.75) is 19.0 Å². The number of hydrogen-bond acceptors (Lipinski definition) is 3. The van der Waals surface area contributed by atoms with Gasteiger partial charge < -0.3 is 15.2 Å². The SMILES string of the molecule is COc1ccc(CNC(C)(CO)c2ccccc2)cc1Cl. The zero-order valence-electron chi connectivity index (χ0n) is 12.3. The molecule has 2 aromatic carbocycles. The third-order valence-electron chi connectivity index (χ3n) is 3.63. The molecule has 2 N–H and O–H groups in total. The lowest BCUT2D eigenvalue weighted by Gasteiger charge is -2.29. The summed E-state index contributed by atoms with van der Waals surface area (Å²) in [6, 6.07) is 15.6. The molecule has 0 amide bonds. The van der Waals surface area contributed by atoms with Gasteiger partial charge in [0, 0.05) is 6.54 Å². The van der Waals surface area contributed by atoms with Crippen LogP contribution in [0.3, 0.4) is 0 Å². The summed E-state index contributed by atoms with van der Waals surface area (Å²) in [5.74, 6) is 0.661. The van der Waals surface area contributed by atoms with E-state index in [0.29, 0.717) is 17.3 Å². The fourth-order valence-electron chi connectivity index (χ4n) is 2.17. The van der Waals surface area contributed by atoms with Crippen LogP contribution in [0.25, 0.3) is 0 Å². The molecule has 2 rings (SSSR count). The first-order valence-corrected chi connectivity index (χ1v) is 7.20. The Balaban J connectivity index is 2.12. The van der Waals surface area contributed by atoms with Crippen molar-refractivity contribution in [3.05, 3.63) is 64.7 Å². The average molecular weight is 306 g/mol. The van der Waals surface area contributed by atoms with Crippen LogP contribution >= 0.6 is 11.6 Å². The third-order valence-corrected chi connectivity index (χ3v) is 3.92. The zero-order chi connectivity index (χ0) is 15.3. The Kier molecular flexibility index (Phi) is 5.23. The van der Waals surface area contributed by atoms with Gasteiger partial charge in [-0.2, -0.15) is 0 Å². The van der Waals surface area contributed by atoms with Crippen LogP contribution < -0.4 is 10.1 Å². The summed E-state index contributed by atoms with van der Waals surface area (Å²) in [7, 11) is 1.59. The van der Waals surface area contributed by atoms with E-state index < -0.39 is 5.54 Å². The molecule has 0 bridgehead atoms. The lowest BCUT2D eigenvalue weighted by atomic mass is 9.92. The summed E-state index contributed by atoms with van der Waals surface area (Å²) < 4.78 is 5.14. The van der Waals surface area contributed by atoms with Gasteiger partial charge in [-0.25, -0.2) is 0 Å². The van der Waals surface area contributed by atoms with Crippen molar-refractivity contribution in [1.29, 1.82) is 0 Å². The van der Waals surface area contributed by atoms with Crippen LogP contribution in [0, 0.1) is 0 Å². The molecule has 0 aliphatic heterocycles. The molecule has 1 unspecified atom stereocenters. The quantitative estimate of drug-likeness (QED) is 0.860. The van der Waals surface area contributed by atoms with Gasteiger partial charge in [0.05, 0.1) is 24.3 Å². The second-order valence-corrected chi connectivity index (χ2v) is 5.59. The highest BCUT2D eigenvalue weighted by molar-refractivity contribution is 6.32. The molecule has 2 aromatic rings. The monoisotopic (exact) mass is 305 g/mol. The van der Waals surface area contributed by atoms with Gasteiger partial charge >= 0.3 is 0 Å². The van der Waals surface area contributed by atoms with Gasteiger partial charge in [-0.1, -0.05) is 48.0 Å². The van der Waals surface area contributed by atoms with Gasteiger partial charge in [0.15, 0.2) is 0 Å². The molecule has 21 heavy (non-hydrogen) atoms. The molecular weight excluding hydrogens is 286 g/mol. The summed E-state index contributed by atoms with van der Waals surface area (Å²) in [6.07, 6.45) is 0. The standard InChI is InChI=1S/C17H20ClNO2/c1-17(12-20,14-6-4-3-5-7-14)19-11-13-8-9-16(21-2)15(18)10-13/h3-10,19-20H,11-12H2,1-2H3. The van der Waals surface area contributed by atoms with E-state index in [0.717, 1.165) is 11.1 Å². The highest BCUT2D eigenvalue weighted by atomic mass is 35.5. The summed E-state index contributed by atoms with van der Waals surface area (Å²) in [5.41, 5.74) is 1.59. The van der Waals surface area contributed by atoms with Crippen molar-refractivity contribution in [2.24, 2.45) is 0 Å². The van der Waals surface area contributed by atoms with Gasteiger partial charge in [0.2, 0.25) is 0 Å². The second kappa shape index (κ2) is 6.94. The summed E-state index contributed by atoms with van der Waals surface area (Å²) in [5, 5.41) is 13.7. The predicted molar refractivity (Wildman–Crippen MR) is 85.7 cm³/mol. The van der Waals surface area contributed by atoms with Crippen molar-refractivity contribution < 1.29 is 9.84 Å². The van der Waals surface area contributed by atoms with Crippen LogP contribution in [-0.2, 0) is 12.1 Å². The minimum atomic E-state index is -0.492. The van der Waals surface area contributed by atoms with Gasteiger partial charge in [-0.05, 0) is 30.2 Å². The molecule has 0 spiro atoms. The van der Waals surface area contributed by atoms with Crippen molar-refractivity contribution in [3.63, 3.8) is 0 Å². The van der Waals surface area contributed by atoms with Crippen molar-refractivity contribution in [2.75, 3.05) is 13.7 Å². The lowest BCUT2D eigenvalue weighted by Crippen LogP contribution is -2.42. The van der Waals surface area contributed by atoms with E-state index >= 15 is 0 Å². The molecule has 0 heterocycles. The summed E-state index contributed by atoms with van der Waals surface area (Å²) >= 11 is 6.13. The van der Waals surface area contributed by atoms with Gasteiger partial charge in [0.25, 0.3) is 0 Å². The van der Waals surface area contributed by atoms with Crippen molar-refractivity contribution in [3.8, 4) is 5.75 Å². The largest absolute Gasteiger partial charge is 0.495 e. The number of aliphatic hydroxyl groups excluding tert-OH is 1. The molecule has 1 atom stereocenters. The van der Waals surface area contributed by atoms with Crippen LogP contribution in [-0.4, -0.2) is 18.8 Å². The van der Waals surface area contributed by atoms with E-state index in [1.807, 2.05) is 55.5 Å². The zero-order valence-corrected chi connectivity index (χ0v) is 13.0. The Labute approximate surface area is 130 Å². The summed E-state index contributed by atoms with van der Waals surface area (Å²) in [4.78, 5) is 0. The van der Waals surface area contributed by atoms with E-state index in [2.05, 4.69) is 5.32 Å². The molecule has 112 valence electrons. The summed E-state index contributed by atoms with van der Waals surface area (Å²) in [6.45, 7) is 2.60. The Morgan fingerprint density at radius 1 is 1.19 bits per heavy atom. The number of nitrogens with one attached hydrogen (secondary N) is 1. The first kappa shape index (κ1) is 15.8. The molecule has 4 heteroatoms. The number of hydrogen-bond donors (Lipinski definition) is 2. The van der Waals surface area contributed by atoms with Gasteiger partial charge in [-0.3, -0.25) is 0 Å². The Hall–Kier alpha value is -1.55. The minimum Gasteiger partial charge on any atom is -0.495 e. The number of halogens is 1. The van der Waals surface area contributed by atoms with E-state index in [-0.39, 0.29) is 6.61 Å². The number of ether oxygens (including phenoxy) is 1. The van der Waals surface area contributed by atoms with Crippen molar-refractivity contribution in [1.82, 2.24) is 5.32 Å². The van der Waals surface area contributed by atoms with E-state index in [4.69, 9.17) is 16.3 Å². The van der Waals surface area contributed by atoms with Crippen LogP contribution in [0.2, 0.25) is 5.02 Å². The first-order chi connectivity index (χ1) is 10.1. The highest BCUT2D eigenvalue weighted by Crippen LogP contribution is 2.26. The van der Waals surface area contributed by atoms with Crippen LogP contribution in [0.4, 0.5) is 0 Å². The molecule has 0 fully saturated rings. The smallest absolute Gasteiger partial charge is 0.137 e. The normalized spacial score (nSPS) is 13.7. The second-order valence-electron chi connectivity index (χ2n) is 5.18. The van der Waals surface area contributed by atoms with Crippen LogP contribution in [0.15, 0.2) is 48.5 Å². The maximum Gasteiger partial charge on any atom is 0.137 e. The number of rotatable bonds is 6. The molecular formula is C17H20ClNO2. The first-order valence-electron chi connectivity index (χ1n) is 6.83. The fourth-order valence-corrected chi connectivity index (χ4v) is 2.45. The number of benzene rings is 2. The van der Waals surface area contributed by atoms with Gasteiger partial charge in [-0.15, -0.1) is 0 Å². The van der Waals surface area contributed by atoms with Crippen molar-refractivity contribution >= 4 is 11.6 Å².